The number of esters is 1. The second kappa shape index (κ2) is 9.55. The van der Waals surface area contributed by atoms with Crippen LogP contribution < -0.4 is 5.32 Å². The number of nitrogens with zero attached hydrogens (tertiary/aromatic N) is 2. The van der Waals surface area contributed by atoms with Crippen molar-refractivity contribution in [2.24, 2.45) is 0 Å². The van der Waals surface area contributed by atoms with Crippen molar-refractivity contribution in [3.05, 3.63) is 90.4 Å². The van der Waals surface area contributed by atoms with Gasteiger partial charge >= 0.3 is 11.9 Å². The minimum Gasteiger partial charge on any atom is -0.478 e. The lowest BCUT2D eigenvalue weighted by Crippen LogP contribution is -2.21. The summed E-state index contributed by atoms with van der Waals surface area (Å²) in [5, 5.41) is 11.5. The van der Waals surface area contributed by atoms with Gasteiger partial charge in [-0.1, -0.05) is 0 Å². The number of ether oxygens (including phenoxy) is 1. The van der Waals surface area contributed by atoms with Crippen LogP contribution in [0.25, 0.3) is 33.9 Å². The first-order valence-corrected chi connectivity index (χ1v) is 10.7. The number of carbonyl (C=O) groups is 3. The molecule has 3 aromatic heterocycles. The van der Waals surface area contributed by atoms with Crippen molar-refractivity contribution < 1.29 is 33.1 Å². The molecule has 5 rings (SSSR count). The zero-order chi connectivity index (χ0) is 25.1. The fourth-order valence-electron chi connectivity index (χ4n) is 3.46. The molecule has 178 valence electrons. The minimum absolute atomic E-state index is 0.0883. The van der Waals surface area contributed by atoms with E-state index in [0.717, 1.165) is 0 Å². The van der Waals surface area contributed by atoms with E-state index in [1.54, 1.807) is 30.3 Å². The first kappa shape index (κ1) is 22.5. The molecule has 2 N–H and O–H groups in total. The van der Waals surface area contributed by atoms with Gasteiger partial charge in [-0.05, 0) is 66.7 Å². The van der Waals surface area contributed by atoms with Gasteiger partial charge < -0.3 is 24.0 Å². The number of amides is 1. The van der Waals surface area contributed by atoms with E-state index in [0.29, 0.717) is 39.6 Å². The molecule has 10 nitrogen and oxygen atoms in total. The molecule has 0 radical (unpaired) electrons. The van der Waals surface area contributed by atoms with Crippen LogP contribution in [-0.2, 0) is 9.53 Å². The monoisotopic (exact) mass is 483 g/mol. The zero-order valence-electron chi connectivity index (χ0n) is 18.5. The molecule has 1 amide bonds. The van der Waals surface area contributed by atoms with Crippen LogP contribution in [0.3, 0.4) is 0 Å². The molecule has 3 heterocycles. The van der Waals surface area contributed by atoms with Gasteiger partial charge in [-0.2, -0.15) is 0 Å². The van der Waals surface area contributed by atoms with Crippen LogP contribution >= 0.6 is 0 Å². The number of hydrogen-bond donors (Lipinski definition) is 2. The van der Waals surface area contributed by atoms with Crippen LogP contribution in [0.15, 0.2) is 88.1 Å². The molecule has 0 spiro atoms. The molecular formula is C26H17N3O7. The quantitative estimate of drug-likeness (QED) is 0.316. The lowest BCUT2D eigenvalue weighted by molar-refractivity contribution is -0.119. The topological polar surface area (TPSA) is 145 Å². The lowest BCUT2D eigenvalue weighted by Gasteiger charge is -2.09. The number of fused-ring (bicyclic) bond motifs is 1. The molecule has 0 saturated heterocycles. The number of benzene rings is 2. The number of aromatic nitrogens is 2. The molecule has 36 heavy (non-hydrogen) atoms. The normalized spacial score (nSPS) is 10.8. The number of hydrogen-bond acceptors (Lipinski definition) is 8. The van der Waals surface area contributed by atoms with Crippen molar-refractivity contribution in [3.8, 4) is 22.9 Å². The average Bonchev–Trinajstić information content (AvgIpc) is 3.61. The summed E-state index contributed by atoms with van der Waals surface area (Å²) in [6.07, 6.45) is 3.06. The van der Waals surface area contributed by atoms with E-state index in [1.165, 1.54) is 48.9 Å². The van der Waals surface area contributed by atoms with Crippen LogP contribution in [0, 0.1) is 0 Å². The average molecular weight is 483 g/mol. The number of aromatic carboxylic acids is 1. The van der Waals surface area contributed by atoms with Crippen LogP contribution in [0.1, 0.15) is 20.7 Å². The predicted octanol–water partition coefficient (Wildman–Crippen LogP) is 4.64. The second-order valence-electron chi connectivity index (χ2n) is 7.59. The number of furan rings is 2. The summed E-state index contributed by atoms with van der Waals surface area (Å²) in [5.74, 6) is -1.37. The van der Waals surface area contributed by atoms with Crippen LogP contribution in [0.4, 0.5) is 5.69 Å². The Morgan fingerprint density at radius 3 is 2.00 bits per heavy atom. The fourth-order valence-corrected chi connectivity index (χ4v) is 3.46. The molecule has 0 atom stereocenters. The Kier molecular flexibility index (Phi) is 5.98. The summed E-state index contributed by atoms with van der Waals surface area (Å²) in [4.78, 5) is 44.9. The van der Waals surface area contributed by atoms with Crippen molar-refractivity contribution in [2.75, 3.05) is 11.9 Å². The van der Waals surface area contributed by atoms with Gasteiger partial charge in [0, 0.05) is 5.69 Å². The number of carboxylic acids is 1. The van der Waals surface area contributed by atoms with E-state index in [-0.39, 0.29) is 11.1 Å². The molecule has 0 unspecified atom stereocenters. The Hall–Kier alpha value is -5.25. The highest BCUT2D eigenvalue weighted by molar-refractivity contribution is 5.98. The van der Waals surface area contributed by atoms with Crippen LogP contribution in [-0.4, -0.2) is 39.5 Å². The number of nitrogens with one attached hydrogen (secondary N) is 1. The van der Waals surface area contributed by atoms with Gasteiger partial charge in [-0.3, -0.25) is 4.79 Å². The Labute approximate surface area is 203 Å². The first-order valence-electron chi connectivity index (χ1n) is 10.7. The Morgan fingerprint density at radius 1 is 0.806 bits per heavy atom. The van der Waals surface area contributed by atoms with Crippen molar-refractivity contribution in [3.63, 3.8) is 0 Å². The molecule has 2 aromatic carbocycles. The smallest absolute Gasteiger partial charge is 0.338 e. The molecule has 0 aliphatic rings. The molecule has 5 aromatic rings. The minimum atomic E-state index is -1.07. The van der Waals surface area contributed by atoms with Crippen molar-refractivity contribution >= 4 is 34.6 Å². The Morgan fingerprint density at radius 2 is 1.42 bits per heavy atom. The highest BCUT2D eigenvalue weighted by Crippen LogP contribution is 2.31. The number of anilines is 1. The molecule has 0 bridgehead atoms. The fraction of sp³-hybridized carbons (Fsp3) is 0.0385. The molecular weight excluding hydrogens is 466 g/mol. The summed E-state index contributed by atoms with van der Waals surface area (Å²) in [6.45, 7) is -0.529. The highest BCUT2D eigenvalue weighted by atomic mass is 16.5. The maximum Gasteiger partial charge on any atom is 0.338 e. The van der Waals surface area contributed by atoms with Gasteiger partial charge in [-0.15, -0.1) is 0 Å². The predicted molar refractivity (Wildman–Crippen MR) is 127 cm³/mol. The van der Waals surface area contributed by atoms with Gasteiger partial charge in [0.2, 0.25) is 0 Å². The van der Waals surface area contributed by atoms with Crippen LogP contribution in [0.2, 0.25) is 0 Å². The maximum absolute atomic E-state index is 12.6. The number of rotatable bonds is 7. The van der Waals surface area contributed by atoms with E-state index in [9.17, 15) is 14.4 Å². The highest BCUT2D eigenvalue weighted by Gasteiger charge is 2.19. The van der Waals surface area contributed by atoms with Gasteiger partial charge in [0.25, 0.3) is 5.91 Å². The summed E-state index contributed by atoms with van der Waals surface area (Å²) < 4.78 is 16.1. The molecule has 0 aliphatic heterocycles. The third kappa shape index (κ3) is 4.68. The maximum atomic E-state index is 12.6. The van der Waals surface area contributed by atoms with Gasteiger partial charge in [0.05, 0.1) is 34.7 Å². The Balaban J connectivity index is 1.33. The van der Waals surface area contributed by atoms with E-state index in [4.69, 9.17) is 18.7 Å². The number of carboxylic acid groups (broad SMARTS) is 1. The van der Waals surface area contributed by atoms with E-state index < -0.39 is 24.5 Å². The summed E-state index contributed by atoms with van der Waals surface area (Å²) >= 11 is 0. The van der Waals surface area contributed by atoms with Crippen molar-refractivity contribution in [2.45, 2.75) is 0 Å². The molecule has 0 aliphatic carbocycles. The third-order valence-corrected chi connectivity index (χ3v) is 5.16. The summed E-state index contributed by atoms with van der Waals surface area (Å²) in [5.41, 5.74) is 2.54. The summed E-state index contributed by atoms with van der Waals surface area (Å²) in [7, 11) is 0. The standard InChI is InChI=1S/C26H17N3O7/c30-22(27-17-8-5-15(6-9-17)25(31)32)14-36-26(33)16-7-10-18-19(13-16)29-24(21-4-2-12-35-21)23(28-18)20-3-1-11-34-20/h1-13H,14H2,(H,27,30)(H,31,32). The summed E-state index contributed by atoms with van der Waals surface area (Å²) in [6, 6.07) is 17.3. The molecule has 10 heteroatoms. The van der Waals surface area contributed by atoms with E-state index in [1.807, 2.05) is 0 Å². The van der Waals surface area contributed by atoms with E-state index >= 15 is 0 Å². The second-order valence-corrected chi connectivity index (χ2v) is 7.59. The van der Waals surface area contributed by atoms with Crippen molar-refractivity contribution in [1.82, 2.24) is 9.97 Å². The lowest BCUT2D eigenvalue weighted by atomic mass is 10.1. The third-order valence-electron chi connectivity index (χ3n) is 5.16. The van der Waals surface area contributed by atoms with Crippen molar-refractivity contribution in [1.29, 1.82) is 0 Å². The Bertz CT molecular complexity index is 1560. The van der Waals surface area contributed by atoms with Crippen LogP contribution in [0.5, 0.6) is 0 Å². The first-order chi connectivity index (χ1) is 17.5. The SMILES string of the molecule is O=C(COC(=O)c1ccc2nc(-c3ccco3)c(-c3ccco3)nc2c1)Nc1ccc(C(=O)O)cc1. The van der Waals surface area contributed by atoms with E-state index in [2.05, 4.69) is 15.3 Å². The molecule has 0 saturated carbocycles. The van der Waals surface area contributed by atoms with Gasteiger partial charge in [0.1, 0.15) is 11.4 Å². The zero-order valence-corrected chi connectivity index (χ0v) is 18.5. The molecule has 0 fully saturated rings. The van der Waals surface area contributed by atoms with Gasteiger partial charge in [0.15, 0.2) is 18.1 Å². The number of carbonyl (C=O) groups excluding carboxylic acids is 2. The van der Waals surface area contributed by atoms with Gasteiger partial charge in [-0.25, -0.2) is 19.6 Å². The largest absolute Gasteiger partial charge is 0.478 e.